The van der Waals surface area contributed by atoms with E-state index in [0.717, 1.165) is 37.2 Å². The van der Waals surface area contributed by atoms with E-state index < -0.39 is 0 Å². The monoisotopic (exact) mass is 248 g/mol. The Hall–Kier alpha value is -1.58. The van der Waals surface area contributed by atoms with E-state index in [2.05, 4.69) is 5.32 Å². The van der Waals surface area contributed by atoms with Gasteiger partial charge in [0.1, 0.15) is 11.9 Å². The Morgan fingerprint density at radius 2 is 2.06 bits per heavy atom. The summed E-state index contributed by atoms with van der Waals surface area (Å²) in [5.41, 5.74) is 1.80. The fourth-order valence-corrected chi connectivity index (χ4v) is 2.81. The van der Waals surface area contributed by atoms with Crippen molar-refractivity contribution >= 4 is 11.6 Å². The molecule has 0 spiro atoms. The molecule has 2 aliphatic heterocycles. The average Bonchev–Trinajstić information content (AvgIpc) is 2.81. The first-order chi connectivity index (χ1) is 8.74. The highest BCUT2D eigenvalue weighted by Gasteiger charge is 2.30. The molecule has 0 aromatic heterocycles. The zero-order valence-corrected chi connectivity index (χ0v) is 10.3. The minimum atomic E-state index is -0.235. The van der Waals surface area contributed by atoms with Gasteiger partial charge in [0.25, 0.3) is 0 Å². The van der Waals surface area contributed by atoms with Gasteiger partial charge in [0.2, 0.25) is 5.91 Å². The Morgan fingerprint density at radius 1 is 1.28 bits per heavy atom. The Balaban J connectivity index is 1.71. The van der Waals surface area contributed by atoms with E-state index in [-0.39, 0.29) is 17.8 Å². The smallest absolute Gasteiger partial charge is 0.245 e. The molecule has 0 bridgehead atoms. The number of anilines is 1. The van der Waals surface area contributed by atoms with E-state index in [4.69, 9.17) is 0 Å². The van der Waals surface area contributed by atoms with Crippen LogP contribution in [-0.4, -0.2) is 29.9 Å². The quantitative estimate of drug-likeness (QED) is 0.826. The van der Waals surface area contributed by atoms with E-state index in [1.165, 1.54) is 18.6 Å². The van der Waals surface area contributed by atoms with Crippen LogP contribution in [0.4, 0.5) is 10.1 Å². The highest BCUT2D eigenvalue weighted by Crippen LogP contribution is 2.27. The highest BCUT2D eigenvalue weighted by atomic mass is 19.1. The summed E-state index contributed by atoms with van der Waals surface area (Å²) in [5.74, 6) is -0.0760. The van der Waals surface area contributed by atoms with Crippen LogP contribution in [0.15, 0.2) is 18.2 Å². The maximum absolute atomic E-state index is 13.1. The molecular formula is C14H17FN2O. The molecule has 1 aromatic carbocycles. The lowest BCUT2D eigenvalue weighted by molar-refractivity contribution is -0.132. The second-order valence-corrected chi connectivity index (χ2v) is 5.09. The zero-order chi connectivity index (χ0) is 12.5. The fraction of sp³-hybridized carbons (Fsp3) is 0.500. The number of carbonyl (C=O) groups is 1. The van der Waals surface area contributed by atoms with Crippen molar-refractivity contribution in [3.8, 4) is 0 Å². The molecular weight excluding hydrogens is 231 g/mol. The maximum Gasteiger partial charge on any atom is 0.245 e. The number of rotatable bonds is 1. The molecule has 0 aliphatic carbocycles. The number of nitrogens with zero attached hydrogens (tertiary/aromatic N) is 1. The Kier molecular flexibility index (Phi) is 2.94. The molecule has 0 radical (unpaired) electrons. The van der Waals surface area contributed by atoms with Crippen LogP contribution in [0, 0.1) is 5.82 Å². The Morgan fingerprint density at radius 3 is 2.83 bits per heavy atom. The van der Waals surface area contributed by atoms with Crippen molar-refractivity contribution in [3.05, 3.63) is 29.6 Å². The van der Waals surface area contributed by atoms with Crippen LogP contribution in [0.1, 0.15) is 24.8 Å². The van der Waals surface area contributed by atoms with E-state index in [1.807, 2.05) is 4.90 Å². The first kappa shape index (κ1) is 11.5. The lowest BCUT2D eigenvalue weighted by atomic mass is 10.1. The summed E-state index contributed by atoms with van der Waals surface area (Å²) in [6, 6.07) is 4.46. The van der Waals surface area contributed by atoms with Gasteiger partial charge in [0.05, 0.1) is 0 Å². The molecule has 96 valence electrons. The molecule has 1 saturated heterocycles. The highest BCUT2D eigenvalue weighted by molar-refractivity contribution is 5.87. The molecule has 1 atom stereocenters. The lowest BCUT2D eigenvalue weighted by Gasteiger charge is -2.29. The molecule has 4 heteroatoms. The molecule has 3 rings (SSSR count). The number of carbonyl (C=O) groups excluding carboxylic acids is 1. The summed E-state index contributed by atoms with van der Waals surface area (Å²) in [6.07, 6.45) is 4.01. The van der Waals surface area contributed by atoms with Crippen molar-refractivity contribution in [2.45, 2.75) is 31.7 Å². The van der Waals surface area contributed by atoms with Gasteiger partial charge >= 0.3 is 0 Å². The predicted octanol–water partition coefficient (Wildman–Crippen LogP) is 2.17. The van der Waals surface area contributed by atoms with Crippen LogP contribution in [0.25, 0.3) is 0 Å². The number of fused-ring (bicyclic) bond motifs is 1. The number of amides is 1. The second kappa shape index (κ2) is 4.59. The van der Waals surface area contributed by atoms with Gasteiger partial charge in [-0.1, -0.05) is 0 Å². The number of piperidine rings is 1. The summed E-state index contributed by atoms with van der Waals surface area (Å²) in [5, 5.41) is 3.20. The lowest BCUT2D eigenvalue weighted by Crippen LogP contribution is -2.44. The maximum atomic E-state index is 13.1. The van der Waals surface area contributed by atoms with E-state index >= 15 is 0 Å². The molecule has 1 N–H and O–H groups in total. The van der Waals surface area contributed by atoms with Gasteiger partial charge in [-0.05, 0) is 43.0 Å². The molecule has 1 unspecified atom stereocenters. The largest absolute Gasteiger partial charge is 0.373 e. The van der Waals surface area contributed by atoms with E-state index in [0.29, 0.717) is 6.42 Å². The van der Waals surface area contributed by atoms with Crippen molar-refractivity contribution in [1.82, 2.24) is 4.90 Å². The normalized spacial score (nSPS) is 22.5. The van der Waals surface area contributed by atoms with Crippen molar-refractivity contribution < 1.29 is 9.18 Å². The summed E-state index contributed by atoms with van der Waals surface area (Å²) in [7, 11) is 0. The van der Waals surface area contributed by atoms with E-state index in [9.17, 15) is 9.18 Å². The molecule has 2 aliphatic rings. The summed E-state index contributed by atoms with van der Waals surface area (Å²) in [6.45, 7) is 1.73. The average molecular weight is 248 g/mol. The second-order valence-electron chi connectivity index (χ2n) is 5.09. The van der Waals surface area contributed by atoms with Crippen LogP contribution in [0.2, 0.25) is 0 Å². The third-order valence-corrected chi connectivity index (χ3v) is 3.79. The van der Waals surface area contributed by atoms with Crippen molar-refractivity contribution in [2.24, 2.45) is 0 Å². The third kappa shape index (κ3) is 2.07. The Bertz CT molecular complexity index is 469. The zero-order valence-electron chi connectivity index (χ0n) is 10.3. The Labute approximate surface area is 106 Å². The van der Waals surface area contributed by atoms with Crippen LogP contribution in [-0.2, 0) is 11.2 Å². The SMILES string of the molecule is O=C(C1Cc2cc(F)ccc2N1)N1CCCCC1. The topological polar surface area (TPSA) is 32.3 Å². The van der Waals surface area contributed by atoms with Gasteiger partial charge < -0.3 is 10.2 Å². The minimum Gasteiger partial charge on any atom is -0.373 e. The van der Waals surface area contributed by atoms with Gasteiger partial charge in [-0.25, -0.2) is 4.39 Å². The molecule has 18 heavy (non-hydrogen) atoms. The van der Waals surface area contributed by atoms with Crippen LogP contribution >= 0.6 is 0 Å². The standard InChI is InChI=1S/C14H17FN2O/c15-11-4-5-12-10(8-11)9-13(16-12)14(18)17-6-2-1-3-7-17/h4-5,8,13,16H,1-3,6-7,9H2. The van der Waals surface area contributed by atoms with Crippen LogP contribution in [0.5, 0.6) is 0 Å². The summed E-state index contributed by atoms with van der Waals surface area (Å²) < 4.78 is 13.1. The van der Waals surface area contributed by atoms with Crippen molar-refractivity contribution in [2.75, 3.05) is 18.4 Å². The molecule has 1 amide bonds. The molecule has 3 nitrogen and oxygen atoms in total. The van der Waals surface area contributed by atoms with Gasteiger partial charge in [-0.2, -0.15) is 0 Å². The molecule has 2 heterocycles. The first-order valence-corrected chi connectivity index (χ1v) is 6.58. The van der Waals surface area contributed by atoms with Gasteiger partial charge in [0.15, 0.2) is 0 Å². The van der Waals surface area contributed by atoms with Gasteiger partial charge in [-0.15, -0.1) is 0 Å². The molecule has 1 aromatic rings. The first-order valence-electron chi connectivity index (χ1n) is 6.58. The number of likely N-dealkylation sites (tertiary alicyclic amines) is 1. The minimum absolute atomic E-state index is 0.159. The third-order valence-electron chi connectivity index (χ3n) is 3.79. The molecule has 0 saturated carbocycles. The number of hydrogen-bond acceptors (Lipinski definition) is 2. The summed E-state index contributed by atoms with van der Waals surface area (Å²) >= 11 is 0. The number of benzene rings is 1. The van der Waals surface area contributed by atoms with Crippen LogP contribution < -0.4 is 5.32 Å². The van der Waals surface area contributed by atoms with Gasteiger partial charge in [0, 0.05) is 25.2 Å². The van der Waals surface area contributed by atoms with Crippen LogP contribution in [0.3, 0.4) is 0 Å². The van der Waals surface area contributed by atoms with Crippen molar-refractivity contribution in [3.63, 3.8) is 0 Å². The van der Waals surface area contributed by atoms with E-state index in [1.54, 1.807) is 6.07 Å². The number of halogens is 1. The summed E-state index contributed by atoms with van der Waals surface area (Å²) in [4.78, 5) is 14.3. The van der Waals surface area contributed by atoms with Gasteiger partial charge in [-0.3, -0.25) is 4.79 Å². The number of hydrogen-bond donors (Lipinski definition) is 1. The fourth-order valence-electron chi connectivity index (χ4n) is 2.81. The number of nitrogens with one attached hydrogen (secondary N) is 1. The predicted molar refractivity (Wildman–Crippen MR) is 67.9 cm³/mol. The molecule has 1 fully saturated rings. The van der Waals surface area contributed by atoms with Crippen molar-refractivity contribution in [1.29, 1.82) is 0 Å².